The molecule has 5 nitrogen and oxygen atoms in total. The van der Waals surface area contributed by atoms with E-state index in [0.29, 0.717) is 18.0 Å². The molecule has 0 radical (unpaired) electrons. The third-order valence-corrected chi connectivity index (χ3v) is 3.75. The lowest BCUT2D eigenvalue weighted by Crippen LogP contribution is -2.19. The Hall–Kier alpha value is -1.95. The van der Waals surface area contributed by atoms with Crippen molar-refractivity contribution >= 4 is 33.4 Å². The van der Waals surface area contributed by atoms with Crippen LogP contribution in [0.4, 0.5) is 0 Å². The summed E-state index contributed by atoms with van der Waals surface area (Å²) in [7, 11) is 0. The lowest BCUT2D eigenvalue weighted by molar-refractivity contribution is -0.143. The van der Waals surface area contributed by atoms with Crippen LogP contribution >= 0.6 is 11.3 Å². The summed E-state index contributed by atoms with van der Waals surface area (Å²) in [5.74, 6) is -0.495. The van der Waals surface area contributed by atoms with Crippen LogP contribution in [0, 0.1) is 0 Å². The smallest absolute Gasteiger partial charge is 0.307 e. The number of hydrogen-bond donors (Lipinski definition) is 0. The molecule has 0 aliphatic carbocycles. The molecular formula is C14H16N2O3S. The Morgan fingerprint density at radius 2 is 2.10 bits per heavy atom. The first-order chi connectivity index (χ1) is 9.61. The van der Waals surface area contributed by atoms with Crippen LogP contribution in [-0.2, 0) is 20.9 Å². The first-order valence-corrected chi connectivity index (χ1v) is 7.22. The summed E-state index contributed by atoms with van der Waals surface area (Å²) in [6.07, 6.45) is 0.264. The maximum Gasteiger partial charge on any atom is 0.307 e. The van der Waals surface area contributed by atoms with Gasteiger partial charge in [0, 0.05) is 13.5 Å². The van der Waals surface area contributed by atoms with Crippen molar-refractivity contribution in [1.82, 2.24) is 4.57 Å². The quantitative estimate of drug-likeness (QED) is 0.811. The Morgan fingerprint density at radius 1 is 1.35 bits per heavy atom. The maximum absolute atomic E-state index is 11.5. The van der Waals surface area contributed by atoms with Crippen molar-refractivity contribution in [3.8, 4) is 0 Å². The molecule has 20 heavy (non-hydrogen) atoms. The van der Waals surface area contributed by atoms with Gasteiger partial charge in [-0.3, -0.25) is 9.59 Å². The van der Waals surface area contributed by atoms with Gasteiger partial charge in [0.2, 0.25) is 5.91 Å². The highest BCUT2D eigenvalue weighted by Crippen LogP contribution is 2.17. The van der Waals surface area contributed by atoms with E-state index < -0.39 is 0 Å². The van der Waals surface area contributed by atoms with Gasteiger partial charge in [-0.2, -0.15) is 4.99 Å². The van der Waals surface area contributed by atoms with E-state index in [0.717, 1.165) is 10.2 Å². The fourth-order valence-electron chi connectivity index (χ4n) is 1.89. The van der Waals surface area contributed by atoms with Gasteiger partial charge in [-0.15, -0.1) is 0 Å². The van der Waals surface area contributed by atoms with E-state index in [9.17, 15) is 9.59 Å². The molecule has 0 saturated heterocycles. The number of benzene rings is 1. The standard InChI is InChI=1S/C14H16N2O3S/c1-3-19-13(18)8-9-16-11-6-4-5-7-12(11)20-14(16)15-10(2)17/h4-7H,3,8-9H2,1-2H3. The summed E-state index contributed by atoms with van der Waals surface area (Å²) in [6, 6.07) is 7.79. The fraction of sp³-hybridized carbons (Fsp3) is 0.357. The largest absolute Gasteiger partial charge is 0.466 e. The lowest BCUT2D eigenvalue weighted by atomic mass is 10.3. The predicted molar refractivity (Wildman–Crippen MR) is 77.3 cm³/mol. The highest BCUT2D eigenvalue weighted by atomic mass is 32.1. The Bertz CT molecular complexity index is 700. The minimum Gasteiger partial charge on any atom is -0.466 e. The molecule has 6 heteroatoms. The van der Waals surface area contributed by atoms with Crippen LogP contribution in [0.2, 0.25) is 0 Å². The van der Waals surface area contributed by atoms with Gasteiger partial charge in [0.05, 0.1) is 23.2 Å². The second kappa shape index (κ2) is 6.47. The van der Waals surface area contributed by atoms with E-state index in [4.69, 9.17) is 4.74 Å². The molecule has 0 unspecified atom stereocenters. The minimum atomic E-state index is -0.249. The van der Waals surface area contributed by atoms with Crippen molar-refractivity contribution in [2.75, 3.05) is 6.61 Å². The van der Waals surface area contributed by atoms with Gasteiger partial charge in [-0.05, 0) is 19.1 Å². The number of esters is 1. The number of aryl methyl sites for hydroxylation is 1. The van der Waals surface area contributed by atoms with Crippen LogP contribution < -0.4 is 4.80 Å². The Morgan fingerprint density at radius 3 is 2.80 bits per heavy atom. The minimum absolute atomic E-state index is 0.246. The number of thiazole rings is 1. The lowest BCUT2D eigenvalue weighted by Gasteiger charge is -2.05. The van der Waals surface area contributed by atoms with E-state index in [1.165, 1.54) is 18.3 Å². The summed E-state index contributed by atoms with van der Waals surface area (Å²) in [5.41, 5.74) is 0.974. The van der Waals surface area contributed by atoms with Crippen molar-refractivity contribution in [2.45, 2.75) is 26.8 Å². The topological polar surface area (TPSA) is 60.7 Å². The number of hydrogen-bond acceptors (Lipinski definition) is 4. The normalized spacial score (nSPS) is 11.8. The number of aromatic nitrogens is 1. The van der Waals surface area contributed by atoms with Gasteiger partial charge in [0.25, 0.3) is 0 Å². The number of rotatable bonds is 4. The molecule has 2 rings (SSSR count). The zero-order valence-electron chi connectivity index (χ0n) is 11.5. The average molecular weight is 292 g/mol. The molecule has 0 aliphatic rings. The Balaban J connectivity index is 2.38. The summed E-state index contributed by atoms with van der Waals surface area (Å²) in [4.78, 5) is 27.3. The molecular weight excluding hydrogens is 276 g/mol. The van der Waals surface area contributed by atoms with E-state index in [-0.39, 0.29) is 18.3 Å². The van der Waals surface area contributed by atoms with Crippen LogP contribution in [0.25, 0.3) is 10.2 Å². The van der Waals surface area contributed by atoms with Gasteiger partial charge in [-0.25, -0.2) is 0 Å². The molecule has 0 atom stereocenters. The molecule has 0 saturated carbocycles. The van der Waals surface area contributed by atoms with Gasteiger partial charge in [-0.1, -0.05) is 23.5 Å². The summed E-state index contributed by atoms with van der Waals surface area (Å²) in [6.45, 7) is 4.02. The van der Waals surface area contributed by atoms with E-state index in [2.05, 4.69) is 4.99 Å². The van der Waals surface area contributed by atoms with Crippen LogP contribution in [0.1, 0.15) is 20.3 Å². The van der Waals surface area contributed by atoms with Crippen molar-refractivity contribution < 1.29 is 14.3 Å². The van der Waals surface area contributed by atoms with Gasteiger partial charge < -0.3 is 9.30 Å². The van der Waals surface area contributed by atoms with Crippen molar-refractivity contribution in [3.63, 3.8) is 0 Å². The van der Waals surface area contributed by atoms with E-state index in [1.807, 2.05) is 28.8 Å². The molecule has 1 heterocycles. The fourth-order valence-corrected chi connectivity index (χ4v) is 2.99. The Labute approximate surface area is 120 Å². The number of fused-ring (bicyclic) bond motifs is 1. The summed E-state index contributed by atoms with van der Waals surface area (Å²) in [5, 5.41) is 0. The second-order valence-electron chi connectivity index (χ2n) is 4.19. The van der Waals surface area contributed by atoms with Crippen LogP contribution in [-0.4, -0.2) is 23.1 Å². The highest BCUT2D eigenvalue weighted by Gasteiger charge is 2.09. The van der Waals surface area contributed by atoms with Crippen molar-refractivity contribution in [2.24, 2.45) is 4.99 Å². The number of amides is 1. The van der Waals surface area contributed by atoms with Gasteiger partial charge in [0.1, 0.15) is 0 Å². The molecule has 2 aromatic rings. The molecule has 106 valence electrons. The van der Waals surface area contributed by atoms with E-state index >= 15 is 0 Å². The first-order valence-electron chi connectivity index (χ1n) is 6.41. The number of carbonyl (C=O) groups is 2. The predicted octanol–water partition coefficient (Wildman–Crippen LogP) is 2.10. The third kappa shape index (κ3) is 3.33. The second-order valence-corrected chi connectivity index (χ2v) is 5.20. The number of carbonyl (C=O) groups excluding carboxylic acids is 2. The molecule has 1 aromatic heterocycles. The zero-order valence-corrected chi connectivity index (χ0v) is 12.3. The van der Waals surface area contributed by atoms with Crippen LogP contribution in [0.15, 0.2) is 29.3 Å². The van der Waals surface area contributed by atoms with Gasteiger partial charge in [0.15, 0.2) is 4.80 Å². The molecule has 0 spiro atoms. The van der Waals surface area contributed by atoms with Crippen molar-refractivity contribution in [1.29, 1.82) is 0 Å². The molecule has 0 fully saturated rings. The summed E-state index contributed by atoms with van der Waals surface area (Å²) >= 11 is 1.44. The number of nitrogens with zero attached hydrogens (tertiary/aromatic N) is 2. The van der Waals surface area contributed by atoms with Crippen molar-refractivity contribution in [3.05, 3.63) is 29.1 Å². The van der Waals surface area contributed by atoms with Crippen LogP contribution in [0.3, 0.4) is 0 Å². The van der Waals surface area contributed by atoms with Gasteiger partial charge >= 0.3 is 5.97 Å². The molecule has 0 N–H and O–H groups in total. The number of para-hydroxylation sites is 1. The first kappa shape index (κ1) is 14.5. The monoisotopic (exact) mass is 292 g/mol. The zero-order chi connectivity index (χ0) is 14.5. The van der Waals surface area contributed by atoms with Crippen LogP contribution in [0.5, 0.6) is 0 Å². The number of ether oxygens (including phenoxy) is 1. The SMILES string of the molecule is CCOC(=O)CCn1c(=NC(C)=O)sc2ccccc21. The third-order valence-electron chi connectivity index (χ3n) is 2.69. The molecule has 1 aromatic carbocycles. The average Bonchev–Trinajstić information content (AvgIpc) is 2.73. The molecule has 0 bridgehead atoms. The summed E-state index contributed by atoms with van der Waals surface area (Å²) < 4.78 is 7.85. The van der Waals surface area contributed by atoms with E-state index in [1.54, 1.807) is 6.92 Å². The highest BCUT2D eigenvalue weighted by molar-refractivity contribution is 7.16. The molecule has 0 aliphatic heterocycles. The molecule has 1 amide bonds. The maximum atomic E-state index is 11.5. The Kier molecular flexibility index (Phi) is 4.68.